The van der Waals surface area contributed by atoms with Crippen molar-refractivity contribution in [2.45, 2.75) is 64.7 Å². The Kier molecular flexibility index (Phi) is 24.5. The number of methoxy groups -OCH3 is 2. The quantitative estimate of drug-likeness (QED) is 0.0517. The van der Waals surface area contributed by atoms with Crippen LogP contribution >= 0.6 is 72.3 Å². The first-order chi connectivity index (χ1) is 35.3. The van der Waals surface area contributed by atoms with E-state index in [2.05, 4.69) is 34.9 Å². The number of benzene rings is 2. The highest BCUT2D eigenvalue weighted by atomic mass is 35.7. The van der Waals surface area contributed by atoms with E-state index in [0.717, 1.165) is 0 Å². The molecule has 0 saturated carbocycles. The summed E-state index contributed by atoms with van der Waals surface area (Å²) in [4.78, 5) is 75.3. The molecule has 2 aromatic carbocycles. The zero-order valence-corrected chi connectivity index (χ0v) is 46.3. The monoisotopic (exact) mass is 1190 g/mol. The molecular formula is C43H52Cl5N7O18P2. The third-order valence-electron chi connectivity index (χ3n) is 9.90. The van der Waals surface area contributed by atoms with Crippen LogP contribution in [0.15, 0.2) is 82.6 Å². The Morgan fingerprint density at radius 2 is 1.45 bits per heavy atom. The van der Waals surface area contributed by atoms with Crippen LogP contribution in [-0.4, -0.2) is 119 Å². The Morgan fingerprint density at radius 1 is 0.867 bits per heavy atom. The Bertz CT molecular complexity index is 2880. The van der Waals surface area contributed by atoms with Crippen LogP contribution in [0.3, 0.4) is 0 Å². The van der Waals surface area contributed by atoms with Crippen molar-refractivity contribution in [3.63, 3.8) is 0 Å². The molecule has 5 heterocycles. The van der Waals surface area contributed by atoms with Gasteiger partial charge in [-0.3, -0.25) is 43.4 Å². The van der Waals surface area contributed by atoms with Crippen molar-refractivity contribution < 1.29 is 75.4 Å². The first-order valence-electron chi connectivity index (χ1n) is 21.7. The lowest BCUT2D eigenvalue weighted by molar-refractivity contribution is -0.143. The van der Waals surface area contributed by atoms with Crippen LogP contribution in [0.4, 0.5) is 0 Å². The van der Waals surface area contributed by atoms with Crippen LogP contribution in [0.25, 0.3) is 0 Å². The predicted molar refractivity (Wildman–Crippen MR) is 272 cm³/mol. The maximum absolute atomic E-state index is 13.4. The number of imide groups is 1. The second-order valence-electron chi connectivity index (χ2n) is 15.7. The van der Waals surface area contributed by atoms with E-state index >= 15 is 0 Å². The lowest BCUT2D eigenvalue weighted by atomic mass is 9.95. The largest absolute Gasteiger partial charge is 0.468 e. The van der Waals surface area contributed by atoms with Crippen LogP contribution < -0.4 is 35.8 Å². The summed E-state index contributed by atoms with van der Waals surface area (Å²) in [6, 6.07) is 6.56. The molecule has 2 fully saturated rings. The first kappa shape index (κ1) is 62.9. The molecule has 32 heteroatoms. The molecule has 0 bridgehead atoms. The number of rotatable bonds is 16. The topological polar surface area (TPSA) is 314 Å². The van der Waals surface area contributed by atoms with Gasteiger partial charge in [0.15, 0.2) is 18.8 Å². The molecule has 2 saturated heterocycles. The summed E-state index contributed by atoms with van der Waals surface area (Å²) < 4.78 is 75.2. The minimum absolute atomic E-state index is 0.0357. The lowest BCUT2D eigenvalue weighted by Crippen LogP contribution is -2.45. The second-order valence-corrected chi connectivity index (χ2v) is 21.8. The number of esters is 2. The number of imidazole rings is 1. The van der Waals surface area contributed by atoms with Crippen LogP contribution in [0.2, 0.25) is 20.1 Å². The number of hydrogen-bond acceptors (Lipinski definition) is 19. The van der Waals surface area contributed by atoms with Crippen molar-refractivity contribution in [1.29, 1.82) is 0 Å². The Balaban J connectivity index is 0.000000248. The molecule has 2 aromatic heterocycles. The van der Waals surface area contributed by atoms with Crippen LogP contribution in [0, 0.1) is 12.8 Å². The fraction of sp³-hybridized carbons (Fsp3) is 0.419. The number of nitrogens with zero attached hydrogens (tertiary/aromatic N) is 3. The van der Waals surface area contributed by atoms with Gasteiger partial charge in [-0.2, -0.15) is 5.09 Å². The van der Waals surface area contributed by atoms with Crippen molar-refractivity contribution in [1.82, 2.24) is 34.6 Å². The van der Waals surface area contributed by atoms with Gasteiger partial charge in [-0.1, -0.05) is 52.5 Å². The van der Waals surface area contributed by atoms with Gasteiger partial charge in [-0.25, -0.2) is 24.0 Å². The summed E-state index contributed by atoms with van der Waals surface area (Å²) in [7, 11) is 0.141. The molecule has 25 nitrogen and oxygen atoms in total. The van der Waals surface area contributed by atoms with Crippen LogP contribution in [0.1, 0.15) is 32.6 Å². The van der Waals surface area contributed by atoms with E-state index in [4.69, 9.17) is 95.3 Å². The van der Waals surface area contributed by atoms with Gasteiger partial charge in [-0.05, 0) is 52.0 Å². The Morgan fingerprint density at radius 3 is 1.97 bits per heavy atom. The zero-order valence-electron chi connectivity index (χ0n) is 40.7. The molecular weight excluding hydrogens is 1140 g/mol. The number of nitrogens with one attached hydrogen (secondary N) is 4. The Labute approximate surface area is 453 Å². The number of H-pyrrole nitrogens is 1. The summed E-state index contributed by atoms with van der Waals surface area (Å²) in [5.74, 6) is -2.79. The number of halogens is 5. The van der Waals surface area contributed by atoms with Gasteiger partial charge in [0.2, 0.25) is 5.91 Å². The van der Waals surface area contributed by atoms with Crippen molar-refractivity contribution >= 4 is 96.0 Å². The number of aromatic nitrogens is 4. The van der Waals surface area contributed by atoms with Crippen molar-refractivity contribution in [3.8, 4) is 11.5 Å². The molecule has 0 aliphatic carbocycles. The van der Waals surface area contributed by atoms with Crippen LogP contribution in [0.5, 0.6) is 11.5 Å². The van der Waals surface area contributed by atoms with Crippen molar-refractivity contribution in [3.05, 3.63) is 119 Å². The van der Waals surface area contributed by atoms with E-state index in [1.54, 1.807) is 26.4 Å². The number of aryl methyl sites for hydroxylation is 2. The summed E-state index contributed by atoms with van der Waals surface area (Å²) in [6.07, 6.45) is 5.30. The number of carbonyl (C=O) groups is 4. The lowest BCUT2D eigenvalue weighted by Gasteiger charge is -2.24. The number of aliphatic hydroxyl groups is 1. The number of hydrogen-bond donors (Lipinski definition) is 5. The smallest absolute Gasteiger partial charge is 0.459 e. The minimum atomic E-state index is -4.18. The number of aromatic amines is 1. The highest BCUT2D eigenvalue weighted by Gasteiger charge is 2.41. The molecule has 3 aliphatic rings. The Hall–Kier alpha value is -4.66. The fourth-order valence-corrected chi connectivity index (χ4v) is 9.83. The van der Waals surface area contributed by atoms with E-state index in [-0.39, 0.29) is 53.0 Å². The normalized spacial score (nSPS) is 21.3. The molecule has 3 unspecified atom stereocenters. The van der Waals surface area contributed by atoms with E-state index in [1.165, 1.54) is 81.3 Å². The van der Waals surface area contributed by atoms with Gasteiger partial charge in [-0.15, -0.1) is 0 Å². The molecule has 0 spiro atoms. The molecule has 5 N–H and O–H groups in total. The third-order valence-corrected chi connectivity index (χ3v) is 14.7. The number of amides is 2. The summed E-state index contributed by atoms with van der Waals surface area (Å²) >= 11 is 29.1. The third kappa shape index (κ3) is 19.7. The summed E-state index contributed by atoms with van der Waals surface area (Å²) in [5.41, 5.74) is -0.175. The van der Waals surface area contributed by atoms with E-state index in [0.29, 0.717) is 16.2 Å². The highest BCUT2D eigenvalue weighted by Crippen LogP contribution is 2.49. The molecule has 2 amide bonds. The first-order valence-corrected chi connectivity index (χ1v) is 27.3. The average Bonchev–Trinajstić information content (AvgIpc) is 4.16. The van der Waals surface area contributed by atoms with E-state index in [1.807, 2.05) is 17.8 Å². The van der Waals surface area contributed by atoms with Crippen molar-refractivity contribution in [2.24, 2.45) is 13.0 Å². The number of ether oxygens (including phenoxy) is 6. The molecule has 3 aliphatic heterocycles. The molecule has 0 radical (unpaired) electrons. The summed E-state index contributed by atoms with van der Waals surface area (Å²) in [6.45, 7) is 1.83. The maximum atomic E-state index is 13.4. The second kappa shape index (κ2) is 29.2. The number of carbonyl (C=O) groups excluding carboxylic acids is 4. The van der Waals surface area contributed by atoms with Gasteiger partial charge in [0.25, 0.3) is 11.5 Å². The molecule has 7 rings (SSSR count). The highest BCUT2D eigenvalue weighted by molar-refractivity contribution is 7.84. The molecule has 9 atom stereocenters. The molecule has 412 valence electrons. The van der Waals surface area contributed by atoms with Crippen molar-refractivity contribution in [2.75, 3.05) is 40.6 Å². The minimum Gasteiger partial charge on any atom is -0.468 e. The van der Waals surface area contributed by atoms with Gasteiger partial charge < -0.3 is 47.1 Å². The van der Waals surface area contributed by atoms with Gasteiger partial charge in [0.05, 0.1) is 72.5 Å². The zero-order chi connectivity index (χ0) is 55.8. The average molecular weight is 1190 g/mol. The fourth-order valence-electron chi connectivity index (χ4n) is 6.10. The molecule has 75 heavy (non-hydrogen) atoms. The summed E-state index contributed by atoms with van der Waals surface area (Å²) in [5, 5.41) is 16.9. The standard InChI is InChI=1S/C20H23Cl2N2O9P.C10H11Cl3NO4P.C9H12N2O5.C4H6N2/c1-10-6-13(19(26)23-18(10)25)16-8-30-17(32-16)9-31-34(28,24-11(2)20(27)29-3)33-12-4-5-14(21)15(22)7-12;1-6(10(15)17-2)14-19(13,16)18-7-3-4-8(11)9(12)5-7;1-5-2-11(9(14)10-8(5)13)6-4-15-7(3-12)16-6;1-6-3-2-5-4-6/h4-7,11,13,16-17H,8-9H2,1-3H3,(H,24,28)(H,23,25,26);3-6H,1-2H3,(H,14,16);2,6-7,12H,3-4H2,1H3,(H,10,13,14);2-4H,1H3/t11-,13?,16+,17+,34?;6-,19?;6-,7-;/m001./s1. The van der Waals surface area contributed by atoms with E-state index < -0.39 is 92.5 Å². The van der Waals surface area contributed by atoms with E-state index in [9.17, 15) is 37.9 Å². The van der Waals surface area contributed by atoms with Crippen LogP contribution in [-0.2, 0) is 68.3 Å². The van der Waals surface area contributed by atoms with Gasteiger partial charge in [0, 0.05) is 60.1 Å². The molecule has 4 aromatic rings. The predicted octanol–water partition coefficient (Wildman–Crippen LogP) is 5.61. The van der Waals surface area contributed by atoms with Gasteiger partial charge >= 0.3 is 32.2 Å². The maximum Gasteiger partial charge on any atom is 0.459 e. The van der Waals surface area contributed by atoms with Gasteiger partial charge in [0.1, 0.15) is 30.2 Å². The number of aliphatic hydroxyl groups excluding tert-OH is 1. The SMILES string of the molecule is COC(=O)[C@H](C)NP(=O)(Cl)Oc1ccc(Cl)c(Cl)c1.COC(=O)[C@H](C)NP(=O)(OC[C@@H]1OC[C@H](C2C=C(C)C(=O)NC2=O)O1)Oc1ccc(Cl)c(Cl)c1.Cc1cn([C@H]2CO[C@@H](CO)O2)c(=O)[nH]c1=O.Cn1ccnc1.